The smallest absolute Gasteiger partial charge is 0.418 e. The largest absolute Gasteiger partial charge is 0.443 e. The van der Waals surface area contributed by atoms with Crippen molar-refractivity contribution in [2.75, 3.05) is 23.7 Å². The predicted molar refractivity (Wildman–Crippen MR) is 88.2 cm³/mol. The summed E-state index contributed by atoms with van der Waals surface area (Å²) in [5.41, 5.74) is 5.32. The zero-order chi connectivity index (χ0) is 19.7. The first kappa shape index (κ1) is 20.7. The first-order valence-corrected chi connectivity index (χ1v) is 8.42. The lowest BCUT2D eigenvalue weighted by Crippen LogP contribution is -2.39. The average Bonchev–Trinajstić information content (AvgIpc) is 2.51. The van der Waals surface area contributed by atoms with E-state index in [2.05, 4.69) is 0 Å². The first-order valence-electron chi connectivity index (χ1n) is 8.42. The molecule has 26 heavy (non-hydrogen) atoms. The van der Waals surface area contributed by atoms with Gasteiger partial charge in [0, 0.05) is 32.1 Å². The van der Waals surface area contributed by atoms with E-state index in [0.717, 1.165) is 6.07 Å². The number of nitrogen functional groups attached to an aromatic ring is 1. The molecule has 0 bridgehead atoms. The molecule has 4 N–H and O–H groups in total. The molecule has 1 heterocycles. The molecule has 1 saturated heterocycles. The van der Waals surface area contributed by atoms with Crippen LogP contribution in [0.4, 0.5) is 37.7 Å². The summed E-state index contributed by atoms with van der Waals surface area (Å²) in [6, 6.07) is 2.18. The average molecular weight is 385 g/mol. The van der Waals surface area contributed by atoms with E-state index < -0.39 is 29.9 Å². The summed E-state index contributed by atoms with van der Waals surface area (Å²) in [4.78, 5) is 1.33. The second kappa shape index (κ2) is 7.54. The topological polar surface area (TPSA) is 52.2 Å². The second-order valence-electron chi connectivity index (χ2n) is 6.81. The van der Waals surface area contributed by atoms with E-state index in [1.165, 1.54) is 11.0 Å². The van der Waals surface area contributed by atoms with Crippen molar-refractivity contribution in [1.29, 1.82) is 0 Å². The van der Waals surface area contributed by atoms with Crippen molar-refractivity contribution in [3.63, 3.8) is 0 Å². The number of nitrogens with two attached hydrogens (primary N) is 1. The van der Waals surface area contributed by atoms with Crippen molar-refractivity contribution in [2.24, 2.45) is 5.92 Å². The number of alkyl halides is 6. The van der Waals surface area contributed by atoms with E-state index in [4.69, 9.17) is 10.8 Å². The summed E-state index contributed by atoms with van der Waals surface area (Å²) in [6.45, 7) is 1.44. The lowest BCUT2D eigenvalue weighted by atomic mass is 9.94. The Morgan fingerprint density at radius 1 is 1.15 bits per heavy atom. The van der Waals surface area contributed by atoms with Gasteiger partial charge in [-0.2, -0.15) is 26.3 Å². The fraction of sp³-hybridized carbons (Fsp3) is 0.647. The van der Waals surface area contributed by atoms with Crippen molar-refractivity contribution in [2.45, 2.75) is 51.1 Å². The lowest BCUT2D eigenvalue weighted by molar-refractivity contribution is -0.179. The van der Waals surface area contributed by atoms with E-state index in [-0.39, 0.29) is 43.7 Å². The molecule has 1 aliphatic rings. The molecule has 1 aliphatic heterocycles. The van der Waals surface area contributed by atoms with Crippen molar-refractivity contribution < 1.29 is 31.4 Å². The van der Waals surface area contributed by atoms with E-state index in [1.54, 1.807) is 6.92 Å². The van der Waals surface area contributed by atoms with E-state index in [1.807, 2.05) is 0 Å². The van der Waals surface area contributed by atoms with E-state index >= 15 is 0 Å². The third-order valence-electron chi connectivity index (χ3n) is 4.71. The number of piperidine rings is 1. The molecule has 9 heteroatoms. The van der Waals surface area contributed by atoms with Gasteiger partial charge in [-0.15, -0.1) is 0 Å². The standard InChI is InChI=1S/C17H22F6N2O/c1-10(26)2-3-11-8-13(17(21,22)23)15(9-14(11)24)25-6-4-12(5-7-25)16(18,19)20/h8-10,12,26H,2-7,24H2,1H3/p+1. The molecule has 0 aromatic heterocycles. The van der Waals surface area contributed by atoms with Crippen LogP contribution in [0.1, 0.15) is 37.3 Å². The Morgan fingerprint density at radius 3 is 2.19 bits per heavy atom. The number of anilines is 2. The Kier molecular flexibility index (Phi) is 5.99. The van der Waals surface area contributed by atoms with Gasteiger partial charge in [0.15, 0.2) is 6.10 Å². The van der Waals surface area contributed by atoms with Crippen LogP contribution < -0.4 is 10.6 Å². The van der Waals surface area contributed by atoms with Gasteiger partial charge in [0.2, 0.25) is 0 Å². The van der Waals surface area contributed by atoms with Crippen molar-refractivity contribution in [1.82, 2.24) is 0 Å². The molecule has 2 rings (SSSR count). The van der Waals surface area contributed by atoms with Crippen LogP contribution >= 0.6 is 0 Å². The summed E-state index contributed by atoms with van der Waals surface area (Å²) in [5, 5.41) is 7.48. The Balaban J connectivity index is 2.29. The molecular weight excluding hydrogens is 362 g/mol. The molecule has 1 aromatic carbocycles. The number of hydrogen-bond acceptors (Lipinski definition) is 2. The fourth-order valence-corrected chi connectivity index (χ4v) is 3.17. The Hall–Kier alpha value is -1.64. The minimum absolute atomic E-state index is 0.101. The van der Waals surface area contributed by atoms with Gasteiger partial charge >= 0.3 is 12.4 Å². The van der Waals surface area contributed by atoms with Crippen molar-refractivity contribution in [3.8, 4) is 0 Å². The number of benzene rings is 1. The highest BCUT2D eigenvalue weighted by molar-refractivity contribution is 5.66. The second-order valence-corrected chi connectivity index (χ2v) is 6.81. The number of hydrogen-bond donors (Lipinski definition) is 1. The number of aryl methyl sites for hydroxylation is 1. The molecule has 1 fully saturated rings. The van der Waals surface area contributed by atoms with E-state index in [0.29, 0.717) is 12.0 Å². The summed E-state index contributed by atoms with van der Waals surface area (Å²) >= 11 is 0. The normalized spacial score (nSPS) is 18.2. The molecule has 0 amide bonds. The highest BCUT2D eigenvalue weighted by Gasteiger charge is 2.42. The van der Waals surface area contributed by atoms with Gasteiger partial charge in [-0.1, -0.05) is 0 Å². The minimum atomic E-state index is -4.63. The third kappa shape index (κ3) is 4.96. The van der Waals surface area contributed by atoms with Gasteiger partial charge in [0.1, 0.15) is 0 Å². The van der Waals surface area contributed by atoms with Gasteiger partial charge in [0.05, 0.1) is 17.2 Å². The maximum absolute atomic E-state index is 13.5. The molecule has 0 spiro atoms. The van der Waals surface area contributed by atoms with Crippen molar-refractivity contribution >= 4 is 11.4 Å². The zero-order valence-corrected chi connectivity index (χ0v) is 14.3. The molecule has 1 aromatic rings. The van der Waals surface area contributed by atoms with Crippen LogP contribution in [-0.4, -0.2) is 30.5 Å². The van der Waals surface area contributed by atoms with Gasteiger partial charge in [-0.3, -0.25) is 0 Å². The molecular formula is C17H23F6N2O+. The van der Waals surface area contributed by atoms with Crippen LogP contribution in [0.25, 0.3) is 0 Å². The fourth-order valence-electron chi connectivity index (χ4n) is 3.17. The van der Waals surface area contributed by atoms with Gasteiger partial charge in [-0.25, -0.2) is 0 Å². The summed E-state index contributed by atoms with van der Waals surface area (Å²) in [5.74, 6) is -1.48. The van der Waals surface area contributed by atoms with Crippen LogP contribution in [0.5, 0.6) is 0 Å². The van der Waals surface area contributed by atoms with Crippen LogP contribution in [0.3, 0.4) is 0 Å². The molecule has 0 saturated carbocycles. The Labute approximate surface area is 147 Å². The maximum atomic E-state index is 13.5. The lowest BCUT2D eigenvalue weighted by Gasteiger charge is -2.36. The van der Waals surface area contributed by atoms with Crippen LogP contribution in [0.15, 0.2) is 12.1 Å². The number of rotatable bonds is 4. The zero-order valence-electron chi connectivity index (χ0n) is 14.3. The summed E-state index contributed by atoms with van der Waals surface area (Å²) in [7, 11) is 0. The maximum Gasteiger partial charge on any atom is 0.418 e. The first-order chi connectivity index (χ1) is 11.9. The molecule has 0 aliphatic carbocycles. The molecule has 3 nitrogen and oxygen atoms in total. The molecule has 1 atom stereocenters. The SMILES string of the molecule is CC([OH2+])CCc1cc(C(F)(F)F)c(N2CCC(C(F)(F)F)CC2)cc1N. The van der Waals surface area contributed by atoms with Crippen LogP contribution in [0.2, 0.25) is 0 Å². The Bertz CT molecular complexity index is 619. The third-order valence-corrected chi connectivity index (χ3v) is 4.71. The predicted octanol–water partition coefficient (Wildman–Crippen LogP) is 4.11. The quantitative estimate of drug-likeness (QED) is 0.482. The number of halogens is 6. The summed E-state index contributed by atoms with van der Waals surface area (Å²) < 4.78 is 78.8. The summed E-state index contributed by atoms with van der Waals surface area (Å²) in [6.07, 6.45) is -9.24. The molecule has 0 radical (unpaired) electrons. The monoisotopic (exact) mass is 385 g/mol. The molecule has 1 unspecified atom stereocenters. The van der Waals surface area contributed by atoms with Gasteiger partial charge < -0.3 is 15.7 Å². The molecule has 148 valence electrons. The van der Waals surface area contributed by atoms with Crippen LogP contribution in [-0.2, 0) is 12.6 Å². The van der Waals surface area contributed by atoms with E-state index in [9.17, 15) is 26.3 Å². The van der Waals surface area contributed by atoms with Crippen LogP contribution in [0, 0.1) is 5.92 Å². The van der Waals surface area contributed by atoms with Crippen molar-refractivity contribution in [3.05, 3.63) is 23.3 Å². The van der Waals surface area contributed by atoms with Gasteiger partial charge in [-0.05, 0) is 37.0 Å². The van der Waals surface area contributed by atoms with Gasteiger partial charge in [0.25, 0.3) is 0 Å². The number of nitrogens with zero attached hydrogens (tertiary/aromatic N) is 1. The highest BCUT2D eigenvalue weighted by Crippen LogP contribution is 2.42. The Morgan fingerprint density at radius 2 is 1.73 bits per heavy atom. The minimum Gasteiger partial charge on any atom is -0.443 e. The highest BCUT2D eigenvalue weighted by atomic mass is 19.4.